The molecule has 7 heteroatoms. The number of benzene rings is 1. The van der Waals surface area contributed by atoms with Crippen molar-refractivity contribution in [3.05, 3.63) is 35.4 Å². The fourth-order valence-electron chi connectivity index (χ4n) is 1.77. The van der Waals surface area contributed by atoms with Gasteiger partial charge in [-0.2, -0.15) is 24.9 Å². The maximum Gasteiger partial charge on any atom is 0.416 e. The number of hydrogen-bond donors (Lipinski definition) is 0. The Morgan fingerprint density at radius 3 is 2.35 bits per heavy atom. The Morgan fingerprint density at radius 2 is 1.80 bits per heavy atom. The quantitative estimate of drug-likeness (QED) is 0.741. The summed E-state index contributed by atoms with van der Waals surface area (Å²) in [4.78, 5) is 2.17. The van der Waals surface area contributed by atoms with Crippen LogP contribution in [0.25, 0.3) is 0 Å². The zero-order valence-electron chi connectivity index (χ0n) is 10.7. The number of thioether (sulfide) groups is 2. The molecule has 1 aliphatic heterocycles. The van der Waals surface area contributed by atoms with Crippen molar-refractivity contribution in [2.24, 2.45) is 0 Å². The maximum absolute atomic E-state index is 12.4. The second kappa shape index (κ2) is 7.04. The summed E-state index contributed by atoms with van der Waals surface area (Å²) in [6.07, 6.45) is -4.27. The van der Waals surface area contributed by atoms with E-state index in [2.05, 4.69) is 4.90 Å². The van der Waals surface area contributed by atoms with Gasteiger partial charge in [-0.25, -0.2) is 0 Å². The van der Waals surface area contributed by atoms with Crippen molar-refractivity contribution in [3.8, 4) is 0 Å². The molecule has 0 spiro atoms. The van der Waals surface area contributed by atoms with Crippen molar-refractivity contribution in [1.29, 1.82) is 0 Å². The highest BCUT2D eigenvalue weighted by Gasteiger charge is 2.29. The van der Waals surface area contributed by atoms with E-state index in [1.165, 1.54) is 23.9 Å². The summed E-state index contributed by atoms with van der Waals surface area (Å²) < 4.78 is 38.2. The molecule has 0 radical (unpaired) electrons. The Morgan fingerprint density at radius 1 is 1.20 bits per heavy atom. The SMILES string of the molecule is FC(F)(F)c1ccc(CSC(=S)N2CCSCC2)cc1. The van der Waals surface area contributed by atoms with E-state index in [0.717, 1.165) is 46.6 Å². The molecule has 1 heterocycles. The minimum absolute atomic E-state index is 0.609. The van der Waals surface area contributed by atoms with Gasteiger partial charge in [0.1, 0.15) is 4.32 Å². The summed E-state index contributed by atoms with van der Waals surface area (Å²) in [6, 6.07) is 5.28. The Labute approximate surface area is 130 Å². The molecule has 0 aromatic heterocycles. The van der Waals surface area contributed by atoms with Crippen LogP contribution in [0.1, 0.15) is 11.1 Å². The Balaban J connectivity index is 1.86. The van der Waals surface area contributed by atoms with Gasteiger partial charge in [0.2, 0.25) is 0 Å². The molecule has 0 unspecified atom stereocenters. The third-order valence-electron chi connectivity index (χ3n) is 2.91. The zero-order valence-corrected chi connectivity index (χ0v) is 13.1. The Bertz CT molecular complexity index is 453. The van der Waals surface area contributed by atoms with Crippen LogP contribution >= 0.6 is 35.7 Å². The monoisotopic (exact) mass is 337 g/mol. The van der Waals surface area contributed by atoms with Crippen LogP contribution in [0.4, 0.5) is 13.2 Å². The fourth-order valence-corrected chi connectivity index (χ4v) is 3.88. The third-order valence-corrected chi connectivity index (χ3v) is 5.45. The highest BCUT2D eigenvalue weighted by atomic mass is 32.2. The van der Waals surface area contributed by atoms with E-state index < -0.39 is 11.7 Å². The number of nitrogens with zero attached hydrogens (tertiary/aromatic N) is 1. The lowest BCUT2D eigenvalue weighted by Gasteiger charge is -2.28. The average molecular weight is 337 g/mol. The van der Waals surface area contributed by atoms with Gasteiger partial charge in [-0.15, -0.1) is 0 Å². The van der Waals surface area contributed by atoms with Crippen LogP contribution in [0.15, 0.2) is 24.3 Å². The van der Waals surface area contributed by atoms with E-state index in [-0.39, 0.29) is 0 Å². The minimum Gasteiger partial charge on any atom is -0.356 e. The number of hydrogen-bond acceptors (Lipinski definition) is 3. The van der Waals surface area contributed by atoms with Crippen molar-refractivity contribution < 1.29 is 13.2 Å². The summed E-state index contributed by atoms with van der Waals surface area (Å²) in [5.41, 5.74) is 0.249. The van der Waals surface area contributed by atoms with Gasteiger partial charge in [-0.1, -0.05) is 36.1 Å². The third kappa shape index (κ3) is 4.56. The first-order chi connectivity index (χ1) is 9.47. The topological polar surface area (TPSA) is 3.24 Å². The standard InChI is InChI=1S/C13H14F3NS3/c14-13(15,16)11-3-1-10(2-4-11)9-20-12(18)17-5-7-19-8-6-17/h1-4H,5-9H2. The smallest absolute Gasteiger partial charge is 0.356 e. The first-order valence-electron chi connectivity index (χ1n) is 6.12. The molecule has 0 bridgehead atoms. The normalized spacial score (nSPS) is 16.2. The average Bonchev–Trinajstić information content (AvgIpc) is 2.45. The molecule has 1 aromatic carbocycles. The van der Waals surface area contributed by atoms with Crippen LogP contribution < -0.4 is 0 Å². The lowest BCUT2D eigenvalue weighted by molar-refractivity contribution is -0.137. The van der Waals surface area contributed by atoms with Crippen molar-refractivity contribution >= 4 is 40.1 Å². The molecule has 0 aliphatic carbocycles. The molecule has 0 saturated carbocycles. The number of halogens is 3. The second-order valence-corrected chi connectivity index (χ2v) is 7.18. The van der Waals surface area contributed by atoms with Gasteiger partial charge >= 0.3 is 6.18 Å². The summed E-state index contributed by atoms with van der Waals surface area (Å²) in [5.74, 6) is 2.78. The number of rotatable bonds is 2. The largest absolute Gasteiger partial charge is 0.416 e. The lowest BCUT2D eigenvalue weighted by atomic mass is 10.1. The molecule has 1 fully saturated rings. The van der Waals surface area contributed by atoms with Gasteiger partial charge in [0.15, 0.2) is 0 Å². The molecular weight excluding hydrogens is 323 g/mol. The molecule has 0 atom stereocenters. The molecule has 0 N–H and O–H groups in total. The van der Waals surface area contributed by atoms with Crippen molar-refractivity contribution in [2.75, 3.05) is 24.6 Å². The van der Waals surface area contributed by atoms with Gasteiger partial charge in [-0.3, -0.25) is 0 Å². The molecule has 20 heavy (non-hydrogen) atoms. The number of alkyl halides is 3. The highest BCUT2D eigenvalue weighted by Crippen LogP contribution is 2.29. The first kappa shape index (κ1) is 16.0. The molecule has 110 valence electrons. The molecular formula is C13H14F3NS3. The predicted molar refractivity (Wildman–Crippen MR) is 84.2 cm³/mol. The Hall–Kier alpha value is -0.400. The van der Waals surface area contributed by atoms with Gasteiger partial charge in [0.05, 0.1) is 5.56 Å². The molecule has 1 aromatic rings. The van der Waals surface area contributed by atoms with Crippen LogP contribution in [0.3, 0.4) is 0 Å². The van der Waals surface area contributed by atoms with E-state index in [4.69, 9.17) is 12.2 Å². The molecule has 1 saturated heterocycles. The molecule has 1 aliphatic rings. The molecule has 0 amide bonds. The van der Waals surface area contributed by atoms with Crippen LogP contribution in [0, 0.1) is 0 Å². The summed E-state index contributed by atoms with van der Waals surface area (Å²) in [5, 5.41) is 0. The van der Waals surface area contributed by atoms with E-state index in [0.29, 0.717) is 5.75 Å². The van der Waals surface area contributed by atoms with Crippen molar-refractivity contribution in [2.45, 2.75) is 11.9 Å². The fraction of sp³-hybridized carbons (Fsp3) is 0.462. The van der Waals surface area contributed by atoms with Gasteiger partial charge in [-0.05, 0) is 17.7 Å². The van der Waals surface area contributed by atoms with E-state index in [9.17, 15) is 13.2 Å². The van der Waals surface area contributed by atoms with Gasteiger partial charge in [0.25, 0.3) is 0 Å². The summed E-state index contributed by atoms with van der Waals surface area (Å²) in [6.45, 7) is 1.92. The summed E-state index contributed by atoms with van der Waals surface area (Å²) >= 11 is 8.79. The molecule has 2 rings (SSSR count). The van der Waals surface area contributed by atoms with E-state index in [1.807, 2.05) is 11.8 Å². The molecule has 1 nitrogen and oxygen atoms in total. The van der Waals surface area contributed by atoms with Crippen LogP contribution in [0.2, 0.25) is 0 Å². The zero-order chi connectivity index (χ0) is 14.6. The summed E-state index contributed by atoms with van der Waals surface area (Å²) in [7, 11) is 0. The first-order valence-corrected chi connectivity index (χ1v) is 8.67. The second-order valence-electron chi connectivity index (χ2n) is 4.35. The minimum atomic E-state index is -4.27. The van der Waals surface area contributed by atoms with Crippen LogP contribution in [-0.4, -0.2) is 33.8 Å². The van der Waals surface area contributed by atoms with Gasteiger partial charge < -0.3 is 4.90 Å². The van der Waals surface area contributed by atoms with E-state index in [1.54, 1.807) is 0 Å². The van der Waals surface area contributed by atoms with Crippen LogP contribution in [0.5, 0.6) is 0 Å². The van der Waals surface area contributed by atoms with Crippen molar-refractivity contribution in [1.82, 2.24) is 4.90 Å². The number of thiocarbonyl (C=S) groups is 1. The van der Waals surface area contributed by atoms with Crippen LogP contribution in [-0.2, 0) is 11.9 Å². The Kier molecular flexibility index (Phi) is 5.63. The van der Waals surface area contributed by atoms with Crippen molar-refractivity contribution in [3.63, 3.8) is 0 Å². The van der Waals surface area contributed by atoms with Gasteiger partial charge in [0, 0.05) is 30.3 Å². The predicted octanol–water partition coefficient (Wildman–Crippen LogP) is 4.27. The van der Waals surface area contributed by atoms with E-state index >= 15 is 0 Å². The highest BCUT2D eigenvalue weighted by molar-refractivity contribution is 8.22. The lowest BCUT2D eigenvalue weighted by Crippen LogP contribution is -2.35. The maximum atomic E-state index is 12.4.